The highest BCUT2D eigenvalue weighted by Gasteiger charge is 2.15. The first-order valence-electron chi connectivity index (χ1n) is 11.0. The van der Waals surface area contributed by atoms with Crippen molar-refractivity contribution in [3.8, 4) is 22.7 Å². The zero-order chi connectivity index (χ0) is 25.1. The summed E-state index contributed by atoms with van der Waals surface area (Å²) >= 11 is 0. The van der Waals surface area contributed by atoms with E-state index < -0.39 is 0 Å². The lowest BCUT2D eigenvalue weighted by Gasteiger charge is -2.07. The summed E-state index contributed by atoms with van der Waals surface area (Å²) in [6, 6.07) is 23.4. The van der Waals surface area contributed by atoms with Crippen molar-refractivity contribution in [3.05, 3.63) is 100 Å². The SMILES string of the molecule is Cc1c(N=Cc2cc(N=Nc3nonc3-c3ccccc3)ccc2O)c(=O)n(-c2ccccc2)n1C. The summed E-state index contributed by atoms with van der Waals surface area (Å²) in [5, 5.41) is 26.4. The second-order valence-corrected chi connectivity index (χ2v) is 7.91. The third-order valence-corrected chi connectivity index (χ3v) is 5.65. The van der Waals surface area contributed by atoms with Crippen LogP contribution in [0.4, 0.5) is 17.2 Å². The van der Waals surface area contributed by atoms with Crippen LogP contribution in [0.15, 0.2) is 104 Å². The molecular weight excluding hydrogens is 458 g/mol. The number of aromatic nitrogens is 4. The van der Waals surface area contributed by atoms with E-state index in [-0.39, 0.29) is 22.8 Å². The van der Waals surface area contributed by atoms with Gasteiger partial charge in [0, 0.05) is 24.4 Å². The van der Waals surface area contributed by atoms with Gasteiger partial charge in [-0.25, -0.2) is 14.3 Å². The molecule has 0 aliphatic rings. The molecule has 1 N–H and O–H groups in total. The Kier molecular flexibility index (Phi) is 6.06. The standard InChI is InChI=1S/C26H21N7O3/c1-17-23(26(35)33(32(17)2)21-11-7-4-8-12-21)27-16-19-15-20(13-14-22(19)34)28-29-25-24(30-36-31-25)18-9-5-3-6-10-18/h3-16,34H,1-2H3. The minimum absolute atomic E-state index is 0.0113. The number of para-hydroxylation sites is 1. The predicted molar refractivity (Wildman–Crippen MR) is 135 cm³/mol. The molecule has 0 bridgehead atoms. The first-order valence-corrected chi connectivity index (χ1v) is 11.0. The average Bonchev–Trinajstić information content (AvgIpc) is 3.46. The second kappa shape index (κ2) is 9.63. The molecule has 2 heterocycles. The fourth-order valence-electron chi connectivity index (χ4n) is 3.68. The zero-order valence-electron chi connectivity index (χ0n) is 19.5. The Labute approximate surface area is 205 Å². The summed E-state index contributed by atoms with van der Waals surface area (Å²) in [6.07, 6.45) is 1.43. The van der Waals surface area contributed by atoms with E-state index in [4.69, 9.17) is 4.63 Å². The molecular formula is C26H21N7O3. The molecule has 5 rings (SSSR count). The summed E-state index contributed by atoms with van der Waals surface area (Å²) in [5.41, 5.74) is 3.51. The Hall–Kier alpha value is -5.12. The molecule has 0 unspecified atom stereocenters. The van der Waals surface area contributed by atoms with Crippen molar-refractivity contribution in [1.82, 2.24) is 19.7 Å². The molecule has 0 amide bonds. The van der Waals surface area contributed by atoms with E-state index in [1.807, 2.05) is 67.6 Å². The first-order chi connectivity index (χ1) is 17.5. The molecule has 2 aromatic heterocycles. The van der Waals surface area contributed by atoms with Crippen LogP contribution in [0.25, 0.3) is 16.9 Å². The molecule has 0 spiro atoms. The number of phenols is 1. The van der Waals surface area contributed by atoms with E-state index in [0.29, 0.717) is 22.6 Å². The molecule has 0 aliphatic heterocycles. The zero-order valence-corrected chi connectivity index (χ0v) is 19.5. The molecule has 5 aromatic rings. The molecule has 0 fully saturated rings. The van der Waals surface area contributed by atoms with E-state index in [1.165, 1.54) is 12.3 Å². The highest BCUT2D eigenvalue weighted by atomic mass is 16.6. The van der Waals surface area contributed by atoms with Gasteiger partial charge in [0.05, 0.1) is 17.1 Å². The largest absolute Gasteiger partial charge is 0.507 e. The summed E-state index contributed by atoms with van der Waals surface area (Å²) < 4.78 is 8.12. The van der Waals surface area contributed by atoms with Crippen molar-refractivity contribution < 1.29 is 9.74 Å². The van der Waals surface area contributed by atoms with Crippen LogP contribution in [-0.2, 0) is 7.05 Å². The van der Waals surface area contributed by atoms with Gasteiger partial charge in [-0.05, 0) is 47.6 Å². The number of nitrogens with zero attached hydrogens (tertiary/aromatic N) is 7. The Morgan fingerprint density at radius 3 is 2.42 bits per heavy atom. The fraction of sp³-hybridized carbons (Fsp3) is 0.0769. The first kappa shape index (κ1) is 22.7. The van der Waals surface area contributed by atoms with E-state index in [0.717, 1.165) is 11.3 Å². The number of hydrogen-bond donors (Lipinski definition) is 1. The number of phenolic OH excluding ortho intramolecular Hbond substituents is 1. The highest BCUT2D eigenvalue weighted by Crippen LogP contribution is 2.29. The summed E-state index contributed by atoms with van der Waals surface area (Å²) in [4.78, 5) is 17.5. The lowest BCUT2D eigenvalue weighted by Crippen LogP contribution is -2.19. The maximum Gasteiger partial charge on any atom is 0.297 e. The lowest BCUT2D eigenvalue weighted by atomic mass is 10.1. The molecule has 0 saturated carbocycles. The molecule has 0 radical (unpaired) electrons. The van der Waals surface area contributed by atoms with Crippen molar-refractivity contribution in [2.24, 2.45) is 22.3 Å². The van der Waals surface area contributed by atoms with Crippen molar-refractivity contribution in [2.75, 3.05) is 0 Å². The van der Waals surface area contributed by atoms with Crippen LogP contribution >= 0.6 is 0 Å². The van der Waals surface area contributed by atoms with Gasteiger partial charge in [-0.3, -0.25) is 9.48 Å². The molecule has 10 nitrogen and oxygen atoms in total. The maximum absolute atomic E-state index is 13.1. The van der Waals surface area contributed by atoms with E-state index >= 15 is 0 Å². The number of rotatable bonds is 6. The van der Waals surface area contributed by atoms with Crippen LogP contribution in [0, 0.1) is 6.92 Å². The number of azo groups is 1. The summed E-state index contributed by atoms with van der Waals surface area (Å²) in [5.74, 6) is 0.216. The van der Waals surface area contributed by atoms with Gasteiger partial charge in [0.15, 0.2) is 11.4 Å². The van der Waals surface area contributed by atoms with Crippen molar-refractivity contribution in [2.45, 2.75) is 6.92 Å². The van der Waals surface area contributed by atoms with Gasteiger partial charge in [0.1, 0.15) is 5.75 Å². The van der Waals surface area contributed by atoms with Crippen LogP contribution in [0.5, 0.6) is 5.75 Å². The molecule has 36 heavy (non-hydrogen) atoms. The third kappa shape index (κ3) is 4.34. The Bertz CT molecular complexity index is 1630. The van der Waals surface area contributed by atoms with Crippen LogP contribution in [0.3, 0.4) is 0 Å². The third-order valence-electron chi connectivity index (χ3n) is 5.65. The fourth-order valence-corrected chi connectivity index (χ4v) is 3.68. The van der Waals surface area contributed by atoms with Crippen molar-refractivity contribution in [1.29, 1.82) is 0 Å². The van der Waals surface area contributed by atoms with Crippen molar-refractivity contribution >= 4 is 23.4 Å². The average molecular weight is 480 g/mol. The van der Waals surface area contributed by atoms with Gasteiger partial charge in [-0.15, -0.1) is 10.2 Å². The van der Waals surface area contributed by atoms with E-state index in [2.05, 4.69) is 25.5 Å². The molecule has 0 saturated heterocycles. The minimum atomic E-state index is -0.264. The van der Waals surface area contributed by atoms with E-state index in [1.54, 1.807) is 28.5 Å². The van der Waals surface area contributed by atoms with Gasteiger partial charge in [-0.1, -0.05) is 48.5 Å². The smallest absolute Gasteiger partial charge is 0.297 e. The van der Waals surface area contributed by atoms with Crippen LogP contribution in [0.1, 0.15) is 11.3 Å². The Morgan fingerprint density at radius 1 is 0.944 bits per heavy atom. The van der Waals surface area contributed by atoms with E-state index in [9.17, 15) is 9.90 Å². The van der Waals surface area contributed by atoms with Crippen LogP contribution in [0.2, 0.25) is 0 Å². The summed E-state index contributed by atoms with van der Waals surface area (Å²) in [7, 11) is 1.80. The molecule has 0 atom stereocenters. The molecule has 0 aliphatic carbocycles. The Balaban J connectivity index is 1.44. The monoisotopic (exact) mass is 479 g/mol. The van der Waals surface area contributed by atoms with Gasteiger partial charge in [-0.2, -0.15) is 0 Å². The number of aromatic hydroxyl groups is 1. The number of hydrogen-bond acceptors (Lipinski definition) is 8. The van der Waals surface area contributed by atoms with Gasteiger partial charge in [0.25, 0.3) is 5.56 Å². The van der Waals surface area contributed by atoms with Crippen molar-refractivity contribution in [3.63, 3.8) is 0 Å². The minimum Gasteiger partial charge on any atom is -0.507 e. The Morgan fingerprint density at radius 2 is 1.67 bits per heavy atom. The number of benzene rings is 3. The van der Waals surface area contributed by atoms with Crippen LogP contribution < -0.4 is 5.56 Å². The quantitative estimate of drug-likeness (QED) is 0.258. The number of aliphatic imine (C=N–C) groups is 1. The molecule has 10 heteroatoms. The topological polar surface area (TPSA) is 123 Å². The molecule has 3 aromatic carbocycles. The van der Waals surface area contributed by atoms with Gasteiger partial charge >= 0.3 is 0 Å². The second-order valence-electron chi connectivity index (χ2n) is 7.91. The van der Waals surface area contributed by atoms with Gasteiger partial charge < -0.3 is 5.11 Å². The van der Waals surface area contributed by atoms with Crippen LogP contribution in [-0.4, -0.2) is 31.0 Å². The molecule has 178 valence electrons. The summed E-state index contributed by atoms with van der Waals surface area (Å²) in [6.45, 7) is 1.81. The normalized spacial score (nSPS) is 11.6. The maximum atomic E-state index is 13.1. The van der Waals surface area contributed by atoms with Gasteiger partial charge in [0.2, 0.25) is 5.82 Å². The predicted octanol–water partition coefficient (Wildman–Crippen LogP) is 5.41. The lowest BCUT2D eigenvalue weighted by molar-refractivity contribution is 0.309. The highest BCUT2D eigenvalue weighted by molar-refractivity contribution is 5.86.